The highest BCUT2D eigenvalue weighted by Crippen LogP contribution is 2.27. The van der Waals surface area contributed by atoms with Gasteiger partial charge in [0.1, 0.15) is 5.82 Å². The lowest BCUT2D eigenvalue weighted by molar-refractivity contribution is 0.0754. The summed E-state index contributed by atoms with van der Waals surface area (Å²) in [4.78, 5) is 14.6. The van der Waals surface area contributed by atoms with Crippen molar-refractivity contribution in [3.63, 3.8) is 0 Å². The molecule has 1 aliphatic rings. The lowest BCUT2D eigenvalue weighted by atomic mass is 9.94. The minimum Gasteiger partial charge on any atom is -0.338 e. The first-order chi connectivity index (χ1) is 11.1. The molecule has 1 saturated heterocycles. The Balaban J connectivity index is 1.80. The zero-order valence-corrected chi connectivity index (χ0v) is 13.5. The highest BCUT2D eigenvalue weighted by molar-refractivity contribution is 5.94. The molecule has 1 fully saturated rings. The monoisotopic (exact) mass is 311 g/mol. The van der Waals surface area contributed by atoms with Crippen molar-refractivity contribution in [2.45, 2.75) is 32.1 Å². The van der Waals surface area contributed by atoms with Gasteiger partial charge < -0.3 is 4.90 Å². The average Bonchev–Trinajstić information content (AvgIpc) is 2.84. The Morgan fingerprint density at radius 3 is 2.65 bits per heavy atom. The molecule has 0 saturated carbocycles. The highest BCUT2D eigenvalue weighted by atomic mass is 19.1. The van der Waals surface area contributed by atoms with E-state index in [1.807, 2.05) is 23.1 Å². The molecule has 0 N–H and O–H groups in total. The standard InChI is InChI=1S/C20H22FNO/c1-15-10-11-17(13-19(15)21)20(23)22-12-6-5-9-18(14-22)16-7-3-2-4-8-16/h2-4,7-8,10-11,13,18H,5-6,9,12,14H2,1H3. The molecule has 23 heavy (non-hydrogen) atoms. The zero-order chi connectivity index (χ0) is 16.2. The van der Waals surface area contributed by atoms with Gasteiger partial charge in [-0.15, -0.1) is 0 Å². The molecule has 1 aliphatic heterocycles. The summed E-state index contributed by atoms with van der Waals surface area (Å²) in [6.07, 6.45) is 3.21. The summed E-state index contributed by atoms with van der Waals surface area (Å²) in [7, 11) is 0. The van der Waals surface area contributed by atoms with Gasteiger partial charge in [-0.1, -0.05) is 42.8 Å². The summed E-state index contributed by atoms with van der Waals surface area (Å²) >= 11 is 0. The van der Waals surface area contributed by atoms with Crippen LogP contribution >= 0.6 is 0 Å². The Kier molecular flexibility index (Phi) is 4.75. The Morgan fingerprint density at radius 2 is 1.91 bits per heavy atom. The van der Waals surface area contributed by atoms with Crippen LogP contribution < -0.4 is 0 Å². The third-order valence-corrected chi connectivity index (χ3v) is 4.65. The van der Waals surface area contributed by atoms with Crippen LogP contribution in [0.3, 0.4) is 0 Å². The number of amides is 1. The van der Waals surface area contributed by atoms with Gasteiger partial charge in [-0.25, -0.2) is 4.39 Å². The largest absolute Gasteiger partial charge is 0.338 e. The number of carbonyl (C=O) groups excluding carboxylic acids is 1. The maximum absolute atomic E-state index is 13.8. The molecule has 0 aromatic heterocycles. The predicted molar refractivity (Wildman–Crippen MR) is 90.1 cm³/mol. The number of carbonyl (C=O) groups is 1. The van der Waals surface area contributed by atoms with Crippen LogP contribution in [0.15, 0.2) is 48.5 Å². The maximum atomic E-state index is 13.8. The van der Waals surface area contributed by atoms with E-state index in [1.54, 1.807) is 19.1 Å². The van der Waals surface area contributed by atoms with Gasteiger partial charge in [0.2, 0.25) is 0 Å². The molecule has 120 valence electrons. The molecular formula is C20H22FNO. The summed E-state index contributed by atoms with van der Waals surface area (Å²) in [5.74, 6) is -0.0186. The van der Waals surface area contributed by atoms with Crippen molar-refractivity contribution in [2.24, 2.45) is 0 Å². The second-order valence-corrected chi connectivity index (χ2v) is 6.32. The van der Waals surface area contributed by atoms with Crippen molar-refractivity contribution < 1.29 is 9.18 Å². The van der Waals surface area contributed by atoms with Gasteiger partial charge in [-0.3, -0.25) is 4.79 Å². The molecular weight excluding hydrogens is 289 g/mol. The molecule has 2 nitrogen and oxygen atoms in total. The number of aryl methyl sites for hydroxylation is 1. The molecule has 1 unspecified atom stereocenters. The maximum Gasteiger partial charge on any atom is 0.253 e. The summed E-state index contributed by atoms with van der Waals surface area (Å²) in [6, 6.07) is 15.1. The quantitative estimate of drug-likeness (QED) is 0.797. The molecule has 2 aromatic rings. The Hall–Kier alpha value is -2.16. The topological polar surface area (TPSA) is 20.3 Å². The fourth-order valence-corrected chi connectivity index (χ4v) is 3.23. The number of hydrogen-bond acceptors (Lipinski definition) is 1. The number of benzene rings is 2. The zero-order valence-electron chi connectivity index (χ0n) is 13.5. The van der Waals surface area contributed by atoms with E-state index in [0.29, 0.717) is 23.6 Å². The molecule has 1 heterocycles. The second-order valence-electron chi connectivity index (χ2n) is 6.32. The fourth-order valence-electron chi connectivity index (χ4n) is 3.23. The number of nitrogens with zero attached hydrogens (tertiary/aromatic N) is 1. The van der Waals surface area contributed by atoms with Crippen LogP contribution in [0.25, 0.3) is 0 Å². The number of hydrogen-bond donors (Lipinski definition) is 0. The van der Waals surface area contributed by atoms with Gasteiger partial charge in [0.25, 0.3) is 5.91 Å². The van der Waals surface area contributed by atoms with E-state index in [-0.39, 0.29) is 11.7 Å². The Bertz CT molecular complexity index is 683. The van der Waals surface area contributed by atoms with Crippen molar-refractivity contribution in [3.8, 4) is 0 Å². The van der Waals surface area contributed by atoms with Gasteiger partial charge in [0, 0.05) is 24.6 Å². The molecule has 0 bridgehead atoms. The van der Waals surface area contributed by atoms with Crippen LogP contribution in [0, 0.1) is 12.7 Å². The first-order valence-electron chi connectivity index (χ1n) is 8.25. The summed E-state index contributed by atoms with van der Waals surface area (Å²) in [6.45, 7) is 3.16. The van der Waals surface area contributed by atoms with Crippen LogP contribution in [-0.2, 0) is 0 Å². The first kappa shape index (κ1) is 15.7. The van der Waals surface area contributed by atoms with Crippen molar-refractivity contribution in [1.82, 2.24) is 4.90 Å². The average molecular weight is 311 g/mol. The van der Waals surface area contributed by atoms with Crippen LogP contribution in [-0.4, -0.2) is 23.9 Å². The van der Waals surface area contributed by atoms with Gasteiger partial charge >= 0.3 is 0 Å². The van der Waals surface area contributed by atoms with Gasteiger partial charge in [0.15, 0.2) is 0 Å². The number of rotatable bonds is 2. The molecule has 0 radical (unpaired) electrons. The predicted octanol–water partition coefficient (Wildman–Crippen LogP) is 4.54. The van der Waals surface area contributed by atoms with Crippen LogP contribution in [0.4, 0.5) is 4.39 Å². The van der Waals surface area contributed by atoms with Crippen molar-refractivity contribution in [1.29, 1.82) is 0 Å². The third-order valence-electron chi connectivity index (χ3n) is 4.65. The third kappa shape index (κ3) is 3.61. The Labute approximate surface area is 136 Å². The van der Waals surface area contributed by atoms with Crippen molar-refractivity contribution >= 4 is 5.91 Å². The molecule has 1 atom stereocenters. The van der Waals surface area contributed by atoms with E-state index in [4.69, 9.17) is 0 Å². The van der Waals surface area contributed by atoms with E-state index < -0.39 is 0 Å². The van der Waals surface area contributed by atoms with Crippen LogP contribution in [0.2, 0.25) is 0 Å². The van der Waals surface area contributed by atoms with E-state index in [0.717, 1.165) is 25.8 Å². The van der Waals surface area contributed by atoms with E-state index in [2.05, 4.69) is 12.1 Å². The number of halogens is 1. The Morgan fingerprint density at radius 1 is 1.13 bits per heavy atom. The fraction of sp³-hybridized carbons (Fsp3) is 0.350. The molecule has 3 rings (SSSR count). The van der Waals surface area contributed by atoms with Crippen molar-refractivity contribution in [2.75, 3.05) is 13.1 Å². The summed E-state index contributed by atoms with van der Waals surface area (Å²) < 4.78 is 13.8. The van der Waals surface area contributed by atoms with E-state index in [1.165, 1.54) is 11.6 Å². The molecule has 3 heteroatoms. The second kappa shape index (κ2) is 6.95. The number of likely N-dealkylation sites (tertiary alicyclic amines) is 1. The van der Waals surface area contributed by atoms with Crippen LogP contribution in [0.5, 0.6) is 0 Å². The minimum atomic E-state index is -0.315. The molecule has 1 amide bonds. The van der Waals surface area contributed by atoms with Crippen LogP contribution in [0.1, 0.15) is 46.7 Å². The van der Waals surface area contributed by atoms with Gasteiger partial charge in [-0.2, -0.15) is 0 Å². The normalized spacial score (nSPS) is 18.5. The van der Waals surface area contributed by atoms with E-state index >= 15 is 0 Å². The summed E-state index contributed by atoms with van der Waals surface area (Å²) in [5, 5.41) is 0. The lowest BCUT2D eigenvalue weighted by Gasteiger charge is -2.25. The van der Waals surface area contributed by atoms with Gasteiger partial charge in [0.05, 0.1) is 0 Å². The molecule has 0 spiro atoms. The minimum absolute atomic E-state index is 0.0632. The highest BCUT2D eigenvalue weighted by Gasteiger charge is 2.24. The SMILES string of the molecule is Cc1ccc(C(=O)N2CCCCC(c3ccccc3)C2)cc1F. The smallest absolute Gasteiger partial charge is 0.253 e. The van der Waals surface area contributed by atoms with Crippen molar-refractivity contribution in [3.05, 3.63) is 71.0 Å². The van der Waals surface area contributed by atoms with Gasteiger partial charge in [-0.05, 0) is 43.0 Å². The molecule has 2 aromatic carbocycles. The van der Waals surface area contributed by atoms with E-state index in [9.17, 15) is 9.18 Å². The lowest BCUT2D eigenvalue weighted by Crippen LogP contribution is -2.34. The summed E-state index contributed by atoms with van der Waals surface area (Å²) in [5.41, 5.74) is 2.30. The first-order valence-corrected chi connectivity index (χ1v) is 8.25. The molecule has 0 aliphatic carbocycles.